The number of hydrogen-bond donors (Lipinski definition) is 2. The minimum Gasteiger partial charge on any atom is -0.346 e. The van der Waals surface area contributed by atoms with Crippen LogP contribution in [0, 0.1) is 0 Å². The standard InChI is InChI=1S/C19H19F3N2O3S/c1-13(15-4-3-5-16(12-15)19(20,21)22)23-18(25)11-8-14-6-9-17(10-7-14)24-28(2,26)27/h3-13,24H,1-2H3,(H,23,25)/b11-8+. The number of nitrogens with one attached hydrogen (secondary N) is 2. The maximum absolute atomic E-state index is 12.8. The molecule has 2 N–H and O–H groups in total. The van der Waals surface area contributed by atoms with Gasteiger partial charge in [0.2, 0.25) is 15.9 Å². The number of alkyl halides is 3. The van der Waals surface area contributed by atoms with Crippen LogP contribution in [0.1, 0.15) is 29.7 Å². The fourth-order valence-corrected chi connectivity index (χ4v) is 2.94. The summed E-state index contributed by atoms with van der Waals surface area (Å²) >= 11 is 0. The van der Waals surface area contributed by atoms with Crippen molar-refractivity contribution in [1.82, 2.24) is 5.32 Å². The molecule has 150 valence electrons. The summed E-state index contributed by atoms with van der Waals surface area (Å²) in [6.45, 7) is 1.59. The Balaban J connectivity index is 1.99. The topological polar surface area (TPSA) is 75.3 Å². The van der Waals surface area contributed by atoms with E-state index in [-0.39, 0.29) is 0 Å². The highest BCUT2D eigenvalue weighted by atomic mass is 32.2. The van der Waals surface area contributed by atoms with Crippen molar-refractivity contribution in [2.24, 2.45) is 0 Å². The van der Waals surface area contributed by atoms with E-state index in [9.17, 15) is 26.4 Å². The molecule has 0 heterocycles. The van der Waals surface area contributed by atoms with Crippen molar-refractivity contribution in [2.45, 2.75) is 19.1 Å². The molecule has 0 bridgehead atoms. The van der Waals surface area contributed by atoms with E-state index >= 15 is 0 Å². The van der Waals surface area contributed by atoms with Crippen LogP contribution in [-0.2, 0) is 21.0 Å². The molecule has 0 spiro atoms. The third kappa shape index (κ3) is 6.73. The molecule has 9 heteroatoms. The van der Waals surface area contributed by atoms with Gasteiger partial charge in [-0.25, -0.2) is 8.42 Å². The second-order valence-corrected chi connectivity index (χ2v) is 7.93. The predicted octanol–water partition coefficient (Wildman–Crippen LogP) is 3.97. The molecule has 0 fully saturated rings. The molecule has 1 amide bonds. The van der Waals surface area contributed by atoms with Gasteiger partial charge in [-0.2, -0.15) is 13.2 Å². The Morgan fingerprint density at radius 1 is 1.11 bits per heavy atom. The first-order chi connectivity index (χ1) is 12.9. The van der Waals surface area contributed by atoms with Crippen molar-refractivity contribution in [1.29, 1.82) is 0 Å². The number of sulfonamides is 1. The van der Waals surface area contributed by atoms with Crippen LogP contribution in [0.5, 0.6) is 0 Å². The zero-order valence-electron chi connectivity index (χ0n) is 15.1. The van der Waals surface area contributed by atoms with Gasteiger partial charge < -0.3 is 5.32 Å². The van der Waals surface area contributed by atoms with Gasteiger partial charge >= 0.3 is 6.18 Å². The van der Waals surface area contributed by atoms with Gasteiger partial charge in [0.25, 0.3) is 0 Å². The molecule has 2 aromatic rings. The van der Waals surface area contributed by atoms with E-state index in [0.29, 0.717) is 16.8 Å². The molecule has 0 radical (unpaired) electrons. The molecule has 0 aliphatic rings. The van der Waals surface area contributed by atoms with E-state index in [1.54, 1.807) is 31.2 Å². The van der Waals surface area contributed by atoms with Crippen molar-refractivity contribution in [2.75, 3.05) is 11.0 Å². The summed E-state index contributed by atoms with van der Waals surface area (Å²) in [6.07, 6.45) is -0.643. The van der Waals surface area contributed by atoms with E-state index in [4.69, 9.17) is 0 Å². The number of amides is 1. The highest BCUT2D eigenvalue weighted by molar-refractivity contribution is 7.92. The zero-order chi connectivity index (χ0) is 20.9. The number of benzene rings is 2. The van der Waals surface area contributed by atoms with Crippen molar-refractivity contribution >= 4 is 27.7 Å². The van der Waals surface area contributed by atoms with E-state index in [2.05, 4.69) is 10.0 Å². The van der Waals surface area contributed by atoms with Gasteiger partial charge in [-0.1, -0.05) is 24.3 Å². The van der Waals surface area contributed by atoms with Crippen LogP contribution < -0.4 is 10.0 Å². The molecule has 2 aromatic carbocycles. The lowest BCUT2D eigenvalue weighted by Crippen LogP contribution is -2.24. The first-order valence-corrected chi connectivity index (χ1v) is 10.1. The fourth-order valence-electron chi connectivity index (χ4n) is 2.38. The van der Waals surface area contributed by atoms with Gasteiger partial charge in [0.05, 0.1) is 17.9 Å². The summed E-state index contributed by atoms with van der Waals surface area (Å²) in [5, 5.41) is 2.60. The van der Waals surface area contributed by atoms with Gasteiger partial charge in [0.1, 0.15) is 0 Å². The minimum atomic E-state index is -4.45. The van der Waals surface area contributed by atoms with E-state index in [0.717, 1.165) is 18.4 Å². The third-order valence-corrected chi connectivity index (χ3v) is 4.32. The Bertz CT molecular complexity index is 969. The van der Waals surface area contributed by atoms with Crippen molar-refractivity contribution in [3.63, 3.8) is 0 Å². The fraction of sp³-hybridized carbons (Fsp3) is 0.211. The highest BCUT2D eigenvalue weighted by Crippen LogP contribution is 2.30. The summed E-state index contributed by atoms with van der Waals surface area (Å²) in [4.78, 5) is 12.0. The van der Waals surface area contributed by atoms with E-state index in [1.807, 2.05) is 0 Å². The molecule has 0 aromatic heterocycles. The third-order valence-electron chi connectivity index (χ3n) is 3.71. The number of hydrogen-bond acceptors (Lipinski definition) is 3. The Morgan fingerprint density at radius 2 is 1.75 bits per heavy atom. The van der Waals surface area contributed by atoms with E-state index < -0.39 is 33.7 Å². The number of carbonyl (C=O) groups excluding carboxylic acids is 1. The van der Waals surface area contributed by atoms with Crippen molar-refractivity contribution < 1.29 is 26.4 Å². The molecule has 2 rings (SSSR count). The van der Waals surface area contributed by atoms with Crippen LogP contribution in [-0.4, -0.2) is 20.6 Å². The van der Waals surface area contributed by atoms with Gasteiger partial charge in [0.15, 0.2) is 0 Å². The summed E-state index contributed by atoms with van der Waals surface area (Å²) in [6, 6.07) is 10.5. The lowest BCUT2D eigenvalue weighted by Gasteiger charge is -2.15. The Kier molecular flexibility index (Phi) is 6.50. The monoisotopic (exact) mass is 412 g/mol. The molecular weight excluding hydrogens is 393 g/mol. The highest BCUT2D eigenvalue weighted by Gasteiger charge is 2.30. The van der Waals surface area contributed by atoms with Gasteiger partial charge in [-0.15, -0.1) is 0 Å². The number of rotatable bonds is 6. The Labute approximate surface area is 161 Å². The van der Waals surface area contributed by atoms with Crippen molar-refractivity contribution in [3.8, 4) is 0 Å². The van der Waals surface area contributed by atoms with Gasteiger partial charge in [0, 0.05) is 11.8 Å². The summed E-state index contributed by atoms with van der Waals surface area (Å²) < 4.78 is 63.0. The molecule has 0 saturated carbocycles. The maximum Gasteiger partial charge on any atom is 0.416 e. The molecule has 5 nitrogen and oxygen atoms in total. The van der Waals surface area contributed by atoms with Crippen LogP contribution in [0.2, 0.25) is 0 Å². The van der Waals surface area contributed by atoms with Gasteiger partial charge in [-0.3, -0.25) is 9.52 Å². The second kappa shape index (κ2) is 8.47. The zero-order valence-corrected chi connectivity index (χ0v) is 15.9. The average molecular weight is 412 g/mol. The van der Waals surface area contributed by atoms with Crippen LogP contribution in [0.15, 0.2) is 54.6 Å². The Morgan fingerprint density at radius 3 is 2.32 bits per heavy atom. The SMILES string of the molecule is CC(NC(=O)/C=C/c1ccc(NS(C)(=O)=O)cc1)c1cccc(C(F)(F)F)c1. The van der Waals surface area contributed by atoms with Crippen LogP contribution in [0.25, 0.3) is 6.08 Å². The van der Waals surface area contributed by atoms with Crippen LogP contribution in [0.4, 0.5) is 18.9 Å². The first-order valence-electron chi connectivity index (χ1n) is 8.17. The predicted molar refractivity (Wildman–Crippen MR) is 102 cm³/mol. The second-order valence-electron chi connectivity index (χ2n) is 6.18. The first kappa shape index (κ1) is 21.5. The molecular formula is C19H19F3N2O3S. The van der Waals surface area contributed by atoms with Crippen molar-refractivity contribution in [3.05, 3.63) is 71.3 Å². The lowest BCUT2D eigenvalue weighted by molar-refractivity contribution is -0.137. The quantitative estimate of drug-likeness (QED) is 0.705. The minimum absolute atomic E-state index is 0.341. The molecule has 0 saturated heterocycles. The largest absolute Gasteiger partial charge is 0.416 e. The van der Waals surface area contributed by atoms with E-state index in [1.165, 1.54) is 24.3 Å². The summed E-state index contributed by atoms with van der Waals surface area (Å²) in [5.74, 6) is -0.469. The van der Waals surface area contributed by atoms with Gasteiger partial charge in [-0.05, 0) is 48.4 Å². The molecule has 28 heavy (non-hydrogen) atoms. The maximum atomic E-state index is 12.8. The number of carbonyl (C=O) groups is 1. The normalized spacial score (nSPS) is 13.3. The van der Waals surface area contributed by atoms with Crippen LogP contribution in [0.3, 0.4) is 0 Å². The van der Waals surface area contributed by atoms with Crippen LogP contribution >= 0.6 is 0 Å². The summed E-state index contributed by atoms with van der Waals surface area (Å²) in [5.41, 5.74) is 0.611. The molecule has 0 aliphatic heterocycles. The Hall–Kier alpha value is -2.81. The number of halogens is 3. The average Bonchev–Trinajstić information content (AvgIpc) is 2.59. The molecule has 0 aliphatic carbocycles. The number of anilines is 1. The summed E-state index contributed by atoms with van der Waals surface area (Å²) in [7, 11) is -3.37. The smallest absolute Gasteiger partial charge is 0.346 e. The lowest BCUT2D eigenvalue weighted by atomic mass is 10.0. The molecule has 1 unspecified atom stereocenters. The molecule has 1 atom stereocenters.